The zero-order chi connectivity index (χ0) is 28.0. The van der Waals surface area contributed by atoms with Gasteiger partial charge >= 0.3 is 6.09 Å². The Hall–Kier alpha value is -3.32. The standard InChI is InChI=1S/C27H33N5O5S2/c1-19(2)14-32(39(35,36)22-9-10-23-25(12-22)31(3)17-29-23)15-26(33)24(11-20-7-5-4-6-8-20)30-27(34)37-16-21-13-28-18-38-21/h4-10,12-13,17-19,24,26,33H,11,14-16H2,1-3H3,(H,30,34)/t24-,26+/m0/s1. The van der Waals surface area contributed by atoms with E-state index in [1.807, 2.05) is 44.2 Å². The van der Waals surface area contributed by atoms with Gasteiger partial charge in [-0.2, -0.15) is 4.31 Å². The summed E-state index contributed by atoms with van der Waals surface area (Å²) in [4.78, 5) is 21.8. The number of alkyl carbamates (subject to hydrolysis) is 1. The highest BCUT2D eigenvalue weighted by Gasteiger charge is 2.32. The van der Waals surface area contributed by atoms with Gasteiger partial charge in [0, 0.05) is 26.3 Å². The first-order valence-electron chi connectivity index (χ1n) is 12.6. The fourth-order valence-corrected chi connectivity index (χ4v) is 6.37. The van der Waals surface area contributed by atoms with Gasteiger partial charge in [0.1, 0.15) is 6.61 Å². The van der Waals surface area contributed by atoms with Crippen LogP contribution in [0.25, 0.3) is 11.0 Å². The van der Waals surface area contributed by atoms with Crippen LogP contribution in [0.15, 0.2) is 71.5 Å². The van der Waals surface area contributed by atoms with Crippen molar-refractivity contribution in [1.29, 1.82) is 0 Å². The van der Waals surface area contributed by atoms with Crippen LogP contribution in [0.5, 0.6) is 0 Å². The van der Waals surface area contributed by atoms with Crippen LogP contribution in [-0.4, -0.2) is 63.7 Å². The minimum absolute atomic E-state index is 0.00249. The van der Waals surface area contributed by atoms with Gasteiger partial charge in [-0.05, 0) is 36.1 Å². The number of aliphatic hydroxyl groups is 1. The molecule has 2 atom stereocenters. The number of fused-ring (bicyclic) bond motifs is 1. The minimum atomic E-state index is -3.97. The molecule has 4 rings (SSSR count). The van der Waals surface area contributed by atoms with Crippen LogP contribution in [0.4, 0.5) is 4.79 Å². The molecule has 2 aromatic heterocycles. The molecule has 39 heavy (non-hydrogen) atoms. The number of aryl methyl sites for hydroxylation is 1. The van der Waals surface area contributed by atoms with Crippen LogP contribution in [0, 0.1) is 5.92 Å². The Morgan fingerprint density at radius 1 is 1.18 bits per heavy atom. The predicted octanol–water partition coefficient (Wildman–Crippen LogP) is 3.58. The third-order valence-corrected chi connectivity index (χ3v) is 8.77. The first-order chi connectivity index (χ1) is 18.6. The molecule has 2 heterocycles. The molecule has 4 aromatic rings. The molecule has 0 spiro atoms. The topological polar surface area (TPSA) is 127 Å². The molecule has 208 valence electrons. The summed E-state index contributed by atoms with van der Waals surface area (Å²) >= 11 is 1.37. The number of nitrogens with zero attached hydrogens (tertiary/aromatic N) is 4. The van der Waals surface area contributed by atoms with E-state index in [0.29, 0.717) is 11.0 Å². The molecule has 0 saturated heterocycles. The van der Waals surface area contributed by atoms with Crippen LogP contribution in [-0.2, 0) is 34.8 Å². The molecule has 10 nitrogen and oxygen atoms in total. The molecule has 2 N–H and O–H groups in total. The number of nitrogens with one attached hydrogen (secondary N) is 1. The number of amides is 1. The number of sulfonamides is 1. The maximum absolute atomic E-state index is 13.8. The predicted molar refractivity (Wildman–Crippen MR) is 150 cm³/mol. The number of thiazole rings is 1. The number of rotatable bonds is 12. The molecule has 1 amide bonds. The highest BCUT2D eigenvalue weighted by atomic mass is 32.2. The molecule has 0 radical (unpaired) electrons. The summed E-state index contributed by atoms with van der Waals surface area (Å²) in [6, 6.07) is 13.4. The number of aliphatic hydroxyl groups excluding tert-OH is 1. The zero-order valence-corrected chi connectivity index (χ0v) is 23.7. The number of hydrogen-bond acceptors (Lipinski definition) is 8. The Morgan fingerprint density at radius 2 is 1.95 bits per heavy atom. The van der Waals surface area contributed by atoms with Gasteiger partial charge in [0.25, 0.3) is 0 Å². The molecule has 0 fully saturated rings. The van der Waals surface area contributed by atoms with Crippen molar-refractivity contribution in [1.82, 2.24) is 24.2 Å². The molecular formula is C27H33N5O5S2. The Morgan fingerprint density at radius 3 is 2.64 bits per heavy atom. The summed E-state index contributed by atoms with van der Waals surface area (Å²) < 4.78 is 35.9. The second-order valence-electron chi connectivity index (χ2n) is 9.77. The van der Waals surface area contributed by atoms with Crippen molar-refractivity contribution < 1.29 is 23.1 Å². The number of imidazole rings is 1. The van der Waals surface area contributed by atoms with Gasteiger partial charge in [0.05, 0.1) is 44.8 Å². The first-order valence-corrected chi connectivity index (χ1v) is 14.9. The Labute approximate surface area is 232 Å². The monoisotopic (exact) mass is 571 g/mol. The normalized spacial score (nSPS) is 13.6. The number of carbonyl (C=O) groups is 1. The van der Waals surface area contributed by atoms with Crippen molar-refractivity contribution in [2.75, 3.05) is 13.1 Å². The Balaban J connectivity index is 1.56. The molecular weight excluding hydrogens is 538 g/mol. The maximum Gasteiger partial charge on any atom is 0.407 e. The van der Waals surface area contributed by atoms with Crippen molar-refractivity contribution in [3.8, 4) is 0 Å². The number of ether oxygens (including phenoxy) is 1. The summed E-state index contributed by atoms with van der Waals surface area (Å²) in [5.74, 6) is -0.00249. The fourth-order valence-electron chi connectivity index (χ4n) is 4.22. The summed E-state index contributed by atoms with van der Waals surface area (Å²) in [6.45, 7) is 3.85. The van der Waals surface area contributed by atoms with E-state index in [0.717, 1.165) is 10.4 Å². The van der Waals surface area contributed by atoms with Crippen LogP contribution >= 0.6 is 11.3 Å². The third kappa shape index (κ3) is 7.41. The average molecular weight is 572 g/mol. The summed E-state index contributed by atoms with van der Waals surface area (Å²) in [6.07, 6.45) is 1.61. The van der Waals surface area contributed by atoms with E-state index < -0.39 is 28.3 Å². The lowest BCUT2D eigenvalue weighted by molar-refractivity contribution is 0.0876. The van der Waals surface area contributed by atoms with E-state index in [4.69, 9.17) is 4.74 Å². The van der Waals surface area contributed by atoms with Crippen molar-refractivity contribution in [3.63, 3.8) is 0 Å². The Kier molecular flexibility index (Phi) is 9.33. The lowest BCUT2D eigenvalue weighted by Gasteiger charge is -2.30. The quantitative estimate of drug-likeness (QED) is 0.266. The molecule has 0 bridgehead atoms. The molecule has 0 aliphatic carbocycles. The summed E-state index contributed by atoms with van der Waals surface area (Å²) in [7, 11) is -2.17. The van der Waals surface area contributed by atoms with E-state index in [1.165, 1.54) is 21.7 Å². The van der Waals surface area contributed by atoms with Crippen molar-refractivity contribution in [3.05, 3.63) is 77.0 Å². The van der Waals surface area contributed by atoms with Crippen LogP contribution in [0.1, 0.15) is 24.3 Å². The lowest BCUT2D eigenvalue weighted by atomic mass is 10.0. The summed E-state index contributed by atoms with van der Waals surface area (Å²) in [5, 5.41) is 14.1. The van der Waals surface area contributed by atoms with Crippen molar-refractivity contribution >= 4 is 38.5 Å². The van der Waals surface area contributed by atoms with Crippen molar-refractivity contribution in [2.45, 2.75) is 43.9 Å². The molecule has 0 aliphatic heterocycles. The average Bonchev–Trinajstić information content (AvgIpc) is 3.56. The van der Waals surface area contributed by atoms with Gasteiger partial charge in [-0.15, -0.1) is 11.3 Å². The smallest absolute Gasteiger partial charge is 0.407 e. The van der Waals surface area contributed by atoms with Gasteiger partial charge in [-0.3, -0.25) is 4.98 Å². The fraction of sp³-hybridized carbons (Fsp3) is 0.370. The van der Waals surface area contributed by atoms with Crippen LogP contribution in [0.3, 0.4) is 0 Å². The van der Waals surface area contributed by atoms with Crippen LogP contribution < -0.4 is 5.32 Å². The van der Waals surface area contributed by atoms with Gasteiger partial charge in [0.15, 0.2) is 0 Å². The second-order valence-corrected chi connectivity index (χ2v) is 12.7. The lowest BCUT2D eigenvalue weighted by Crippen LogP contribution is -2.51. The van der Waals surface area contributed by atoms with Gasteiger partial charge < -0.3 is 19.7 Å². The van der Waals surface area contributed by atoms with E-state index in [-0.39, 0.29) is 36.9 Å². The van der Waals surface area contributed by atoms with Crippen molar-refractivity contribution in [2.24, 2.45) is 13.0 Å². The number of aromatic nitrogens is 3. The van der Waals surface area contributed by atoms with Crippen LogP contribution in [0.2, 0.25) is 0 Å². The van der Waals surface area contributed by atoms with E-state index >= 15 is 0 Å². The molecule has 0 aliphatic rings. The Bertz CT molecular complexity index is 1470. The number of benzene rings is 2. The molecule has 2 aromatic carbocycles. The number of carbonyl (C=O) groups excluding carboxylic acids is 1. The molecule has 0 unspecified atom stereocenters. The minimum Gasteiger partial charge on any atom is -0.444 e. The van der Waals surface area contributed by atoms with Gasteiger partial charge in [-0.25, -0.2) is 18.2 Å². The van der Waals surface area contributed by atoms with E-state index in [1.54, 1.807) is 41.8 Å². The third-order valence-electron chi connectivity index (χ3n) is 6.19. The van der Waals surface area contributed by atoms with E-state index in [2.05, 4.69) is 15.3 Å². The SMILES string of the molecule is CC(C)CN(C[C@@H](O)[C@H](Cc1ccccc1)NC(=O)OCc1cncs1)S(=O)(=O)c1ccc2ncn(C)c2c1. The van der Waals surface area contributed by atoms with Gasteiger partial charge in [0.2, 0.25) is 10.0 Å². The first kappa shape index (κ1) is 28.7. The molecule has 0 saturated carbocycles. The molecule has 12 heteroatoms. The van der Waals surface area contributed by atoms with Gasteiger partial charge in [-0.1, -0.05) is 44.2 Å². The summed E-state index contributed by atoms with van der Waals surface area (Å²) in [5.41, 5.74) is 3.91. The number of hydrogen-bond donors (Lipinski definition) is 2. The van der Waals surface area contributed by atoms with E-state index in [9.17, 15) is 18.3 Å². The zero-order valence-electron chi connectivity index (χ0n) is 22.1. The largest absolute Gasteiger partial charge is 0.444 e. The second kappa shape index (κ2) is 12.7. The maximum atomic E-state index is 13.8. The highest BCUT2D eigenvalue weighted by Crippen LogP contribution is 2.23. The highest BCUT2D eigenvalue weighted by molar-refractivity contribution is 7.89.